The fraction of sp³-hybridized carbons (Fsp3) is 0.833. The van der Waals surface area contributed by atoms with Crippen molar-refractivity contribution in [2.24, 2.45) is 4.99 Å². The van der Waals surface area contributed by atoms with E-state index in [9.17, 15) is 0 Å². The highest BCUT2D eigenvalue weighted by Gasteiger charge is 2.22. The second-order valence-electron chi connectivity index (χ2n) is 6.61. The van der Waals surface area contributed by atoms with Gasteiger partial charge in [0.05, 0.1) is 6.54 Å². The normalized spacial score (nSPS) is 18.4. The van der Waals surface area contributed by atoms with E-state index < -0.39 is 0 Å². The number of likely N-dealkylation sites (tertiary alicyclic amines) is 1. The largest absolute Gasteiger partial charge is 0.385 e. The van der Waals surface area contributed by atoms with Gasteiger partial charge in [-0.1, -0.05) is 13.8 Å². The van der Waals surface area contributed by atoms with E-state index in [2.05, 4.69) is 44.1 Å². The van der Waals surface area contributed by atoms with Crippen LogP contribution in [0.3, 0.4) is 0 Å². The molecular weight excluding hydrogens is 330 g/mol. The van der Waals surface area contributed by atoms with Crippen LogP contribution < -0.4 is 10.6 Å². The molecule has 0 amide bonds. The summed E-state index contributed by atoms with van der Waals surface area (Å²) in [5.41, 5.74) is 0. The molecule has 2 heterocycles. The van der Waals surface area contributed by atoms with Gasteiger partial charge in [-0.15, -0.1) is 10.2 Å². The number of aryl methyl sites for hydroxylation is 1. The van der Waals surface area contributed by atoms with Gasteiger partial charge in [-0.05, 0) is 32.4 Å². The number of hydrogen-bond acceptors (Lipinski definition) is 5. The van der Waals surface area contributed by atoms with Crippen LogP contribution in [0.5, 0.6) is 0 Å². The molecule has 1 atom stereocenters. The molecule has 1 unspecified atom stereocenters. The van der Waals surface area contributed by atoms with Gasteiger partial charge in [0.25, 0.3) is 0 Å². The lowest BCUT2D eigenvalue weighted by atomic mass is 10.2. The van der Waals surface area contributed by atoms with Crippen molar-refractivity contribution < 1.29 is 4.74 Å². The second-order valence-corrected chi connectivity index (χ2v) is 6.61. The average Bonchev–Trinajstić information content (AvgIpc) is 3.31. The van der Waals surface area contributed by atoms with Crippen molar-refractivity contribution in [3.63, 3.8) is 0 Å². The molecule has 1 aromatic rings. The van der Waals surface area contributed by atoms with E-state index in [1.54, 1.807) is 13.4 Å². The summed E-state index contributed by atoms with van der Waals surface area (Å²) in [5, 5.41) is 15.0. The van der Waals surface area contributed by atoms with Gasteiger partial charge in [0, 0.05) is 45.8 Å². The lowest BCUT2D eigenvalue weighted by Gasteiger charge is -2.21. The van der Waals surface area contributed by atoms with E-state index in [4.69, 9.17) is 9.73 Å². The topological polar surface area (TPSA) is 79.6 Å². The quantitative estimate of drug-likeness (QED) is 0.345. The Bertz CT molecular complexity index is 531. The summed E-state index contributed by atoms with van der Waals surface area (Å²) in [5.74, 6) is 1.90. The summed E-state index contributed by atoms with van der Waals surface area (Å²) in [7, 11) is 1.73. The van der Waals surface area contributed by atoms with Crippen LogP contribution in [-0.2, 0) is 17.7 Å². The summed E-state index contributed by atoms with van der Waals surface area (Å²) in [4.78, 5) is 7.36. The van der Waals surface area contributed by atoms with Gasteiger partial charge in [-0.25, -0.2) is 0 Å². The molecule has 2 N–H and O–H groups in total. The summed E-state index contributed by atoms with van der Waals surface area (Å²) < 4.78 is 7.21. The van der Waals surface area contributed by atoms with Gasteiger partial charge >= 0.3 is 0 Å². The number of nitrogens with one attached hydrogen (secondary N) is 2. The maximum Gasteiger partial charge on any atom is 0.191 e. The molecule has 1 saturated heterocycles. The number of ether oxygens (including phenoxy) is 1. The van der Waals surface area contributed by atoms with Crippen molar-refractivity contribution in [2.75, 3.05) is 46.4 Å². The summed E-state index contributed by atoms with van der Waals surface area (Å²) >= 11 is 0. The molecule has 0 saturated carbocycles. The number of aromatic nitrogens is 3. The molecule has 0 aromatic carbocycles. The van der Waals surface area contributed by atoms with Gasteiger partial charge in [-0.2, -0.15) is 0 Å². The van der Waals surface area contributed by atoms with Crippen LogP contribution in [0.25, 0.3) is 0 Å². The standard InChI is InChI=1S/C18H35N7O/c1-4-17-23-22-15-25(17)12-10-20-18(19-9-7-13-26-3)21-14-16-8-6-11-24(16)5-2/h15-16H,4-14H2,1-3H3,(H2,19,20,21). The lowest BCUT2D eigenvalue weighted by Crippen LogP contribution is -2.41. The molecular formula is C18H35N7O. The van der Waals surface area contributed by atoms with E-state index in [1.807, 2.05) is 0 Å². The highest BCUT2D eigenvalue weighted by atomic mass is 16.5. The molecule has 2 rings (SSSR count). The molecule has 0 bridgehead atoms. The van der Waals surface area contributed by atoms with E-state index in [0.717, 1.165) is 64.0 Å². The summed E-state index contributed by atoms with van der Waals surface area (Å²) in [6.45, 7) is 10.7. The van der Waals surface area contributed by atoms with Gasteiger partial charge in [0.1, 0.15) is 12.2 Å². The molecule has 1 aliphatic rings. The van der Waals surface area contributed by atoms with Crippen LogP contribution in [0.15, 0.2) is 11.3 Å². The second kappa shape index (κ2) is 11.9. The fourth-order valence-electron chi connectivity index (χ4n) is 3.35. The maximum atomic E-state index is 5.12. The number of aliphatic imine (C=N–C) groups is 1. The molecule has 1 fully saturated rings. The number of nitrogens with zero attached hydrogens (tertiary/aromatic N) is 5. The first-order valence-electron chi connectivity index (χ1n) is 9.90. The lowest BCUT2D eigenvalue weighted by molar-refractivity contribution is 0.195. The Kier molecular flexibility index (Phi) is 9.41. The first-order valence-corrected chi connectivity index (χ1v) is 9.90. The van der Waals surface area contributed by atoms with E-state index in [-0.39, 0.29) is 0 Å². The predicted molar refractivity (Wildman–Crippen MR) is 104 cm³/mol. The Morgan fingerprint density at radius 3 is 2.96 bits per heavy atom. The summed E-state index contributed by atoms with van der Waals surface area (Å²) in [6.07, 6.45) is 6.18. The third-order valence-electron chi connectivity index (χ3n) is 4.84. The van der Waals surface area contributed by atoms with Gasteiger partial charge in [0.2, 0.25) is 0 Å². The average molecular weight is 366 g/mol. The minimum absolute atomic E-state index is 0.571. The minimum Gasteiger partial charge on any atom is -0.385 e. The smallest absolute Gasteiger partial charge is 0.191 e. The number of guanidine groups is 1. The first-order chi connectivity index (χ1) is 12.8. The zero-order valence-electron chi connectivity index (χ0n) is 16.6. The van der Waals surface area contributed by atoms with Crippen LogP contribution in [0.2, 0.25) is 0 Å². The third kappa shape index (κ3) is 6.57. The van der Waals surface area contributed by atoms with Gasteiger partial charge in [-0.3, -0.25) is 9.89 Å². The SMILES string of the molecule is CCc1nncn1CCNC(=NCC1CCCN1CC)NCCCOC. The maximum absolute atomic E-state index is 5.12. The molecule has 1 aliphatic heterocycles. The van der Waals surface area contributed by atoms with Crippen molar-refractivity contribution in [1.82, 2.24) is 30.3 Å². The van der Waals surface area contributed by atoms with E-state index in [0.29, 0.717) is 6.04 Å². The van der Waals surface area contributed by atoms with E-state index >= 15 is 0 Å². The van der Waals surface area contributed by atoms with Crippen molar-refractivity contribution in [3.05, 3.63) is 12.2 Å². The van der Waals surface area contributed by atoms with E-state index in [1.165, 1.54) is 19.4 Å². The Morgan fingerprint density at radius 2 is 2.19 bits per heavy atom. The minimum atomic E-state index is 0.571. The molecule has 8 heteroatoms. The van der Waals surface area contributed by atoms with Crippen LogP contribution in [0, 0.1) is 0 Å². The van der Waals surface area contributed by atoms with Crippen LogP contribution in [-0.4, -0.2) is 78.1 Å². The van der Waals surface area contributed by atoms with Gasteiger partial charge in [0.15, 0.2) is 5.96 Å². The molecule has 8 nitrogen and oxygen atoms in total. The van der Waals surface area contributed by atoms with Crippen molar-refractivity contribution in [1.29, 1.82) is 0 Å². The highest BCUT2D eigenvalue weighted by Crippen LogP contribution is 2.16. The van der Waals surface area contributed by atoms with Crippen LogP contribution >= 0.6 is 0 Å². The van der Waals surface area contributed by atoms with Crippen molar-refractivity contribution >= 4 is 5.96 Å². The zero-order chi connectivity index (χ0) is 18.6. The first kappa shape index (κ1) is 20.6. The number of methoxy groups -OCH3 is 1. The summed E-state index contributed by atoms with van der Waals surface area (Å²) in [6, 6.07) is 0.571. The molecule has 0 spiro atoms. The molecule has 0 radical (unpaired) electrons. The highest BCUT2D eigenvalue weighted by molar-refractivity contribution is 5.79. The molecule has 1 aromatic heterocycles. The number of rotatable bonds is 11. The predicted octanol–water partition coefficient (Wildman–Crippen LogP) is 0.897. The fourth-order valence-corrected chi connectivity index (χ4v) is 3.35. The zero-order valence-corrected chi connectivity index (χ0v) is 16.6. The number of hydrogen-bond donors (Lipinski definition) is 2. The van der Waals surface area contributed by atoms with Crippen LogP contribution in [0.1, 0.15) is 38.9 Å². The van der Waals surface area contributed by atoms with Crippen molar-refractivity contribution in [3.8, 4) is 0 Å². The molecule has 26 heavy (non-hydrogen) atoms. The monoisotopic (exact) mass is 365 g/mol. The third-order valence-corrected chi connectivity index (χ3v) is 4.84. The molecule has 0 aliphatic carbocycles. The molecule has 148 valence electrons. The van der Waals surface area contributed by atoms with Gasteiger partial charge < -0.3 is 19.9 Å². The van der Waals surface area contributed by atoms with Crippen molar-refractivity contribution in [2.45, 2.75) is 52.1 Å². The number of likely N-dealkylation sites (N-methyl/N-ethyl adjacent to an activating group) is 1. The Labute approximate surface area is 157 Å². The Morgan fingerprint density at radius 1 is 1.35 bits per heavy atom. The Hall–Kier alpha value is -1.67. The van der Waals surface area contributed by atoms with Crippen LogP contribution in [0.4, 0.5) is 0 Å². The Balaban J connectivity index is 1.84.